The number of carbonyl (C=O) groups is 2. The van der Waals surface area contributed by atoms with Gasteiger partial charge >= 0.3 is 6.03 Å². The molecular weight excluding hydrogens is 386 g/mol. The van der Waals surface area contributed by atoms with E-state index in [4.69, 9.17) is 10.5 Å². The largest absolute Gasteiger partial charge is 0.381 e. The Hall–Kier alpha value is -2.51. The summed E-state index contributed by atoms with van der Waals surface area (Å²) in [5, 5.41) is 5.99. The minimum Gasteiger partial charge on any atom is -0.381 e. The molecule has 0 aromatic heterocycles. The Bertz CT molecular complexity index is 823. The van der Waals surface area contributed by atoms with Crippen molar-refractivity contribution in [3.63, 3.8) is 0 Å². The molecule has 1 aliphatic rings. The van der Waals surface area contributed by atoms with Crippen molar-refractivity contribution >= 4 is 29.4 Å². The first-order valence-corrected chi connectivity index (χ1v) is 10.8. The Balaban J connectivity index is 1.62. The van der Waals surface area contributed by atoms with Gasteiger partial charge in [0.25, 0.3) is 0 Å². The molecule has 1 fully saturated rings. The lowest BCUT2D eigenvalue weighted by Crippen LogP contribution is -2.45. The van der Waals surface area contributed by atoms with Crippen LogP contribution in [0.5, 0.6) is 0 Å². The zero-order chi connectivity index (χ0) is 20.5. The Morgan fingerprint density at radius 2 is 1.72 bits per heavy atom. The van der Waals surface area contributed by atoms with Crippen LogP contribution < -0.4 is 16.4 Å². The second kappa shape index (κ2) is 10.3. The van der Waals surface area contributed by atoms with E-state index in [1.807, 2.05) is 42.5 Å². The van der Waals surface area contributed by atoms with Crippen molar-refractivity contribution in [2.75, 3.05) is 30.8 Å². The molecule has 1 heterocycles. The van der Waals surface area contributed by atoms with Gasteiger partial charge in [-0.05, 0) is 30.5 Å². The summed E-state index contributed by atoms with van der Waals surface area (Å²) in [4.78, 5) is 24.5. The van der Waals surface area contributed by atoms with Crippen molar-refractivity contribution in [2.45, 2.75) is 29.6 Å². The van der Waals surface area contributed by atoms with Gasteiger partial charge in [0.2, 0.25) is 5.91 Å². The van der Waals surface area contributed by atoms with Crippen molar-refractivity contribution in [3.05, 3.63) is 60.2 Å². The normalized spacial score (nSPS) is 15.4. The molecule has 154 valence electrons. The average molecular weight is 414 g/mol. The number of carbonyl (C=O) groups excluding carboxylic acids is 2. The second-order valence-electron chi connectivity index (χ2n) is 7.13. The van der Waals surface area contributed by atoms with Crippen LogP contribution in [0.25, 0.3) is 0 Å². The highest BCUT2D eigenvalue weighted by molar-refractivity contribution is 7.99. The van der Waals surface area contributed by atoms with Crippen molar-refractivity contribution < 1.29 is 14.3 Å². The summed E-state index contributed by atoms with van der Waals surface area (Å²) in [7, 11) is 0. The van der Waals surface area contributed by atoms with E-state index in [1.165, 1.54) is 17.3 Å². The number of urea groups is 1. The highest BCUT2D eigenvalue weighted by Gasteiger charge is 2.34. The Morgan fingerprint density at radius 1 is 1.03 bits per heavy atom. The van der Waals surface area contributed by atoms with Gasteiger partial charge in [-0.15, -0.1) is 11.8 Å². The van der Waals surface area contributed by atoms with Gasteiger partial charge in [0.05, 0.1) is 5.69 Å². The van der Waals surface area contributed by atoms with Gasteiger partial charge < -0.3 is 21.1 Å². The fourth-order valence-corrected chi connectivity index (χ4v) is 4.47. The third kappa shape index (κ3) is 5.98. The van der Waals surface area contributed by atoms with Crippen LogP contribution in [0.3, 0.4) is 0 Å². The molecule has 7 heteroatoms. The second-order valence-corrected chi connectivity index (χ2v) is 8.26. The summed E-state index contributed by atoms with van der Waals surface area (Å²) < 4.78 is 5.55. The number of amides is 3. The molecule has 2 aromatic carbocycles. The molecule has 0 atom stereocenters. The predicted octanol–water partition coefficient (Wildman–Crippen LogP) is 3.52. The fourth-order valence-electron chi connectivity index (χ4n) is 3.49. The number of primary amides is 1. The number of anilines is 1. The van der Waals surface area contributed by atoms with Gasteiger partial charge in [-0.1, -0.05) is 42.5 Å². The molecular formula is C22H27N3O3S. The number of nitrogens with two attached hydrogens (primary N) is 1. The highest BCUT2D eigenvalue weighted by Crippen LogP contribution is 2.34. The number of thioether (sulfide) groups is 1. The molecule has 29 heavy (non-hydrogen) atoms. The van der Waals surface area contributed by atoms with Crippen LogP contribution in [0, 0.1) is 0 Å². The SMILES string of the molecule is NC(=O)CCSc1ccccc1NC(=O)NCC1(c2ccccc2)CCOCC1. The molecule has 1 saturated heterocycles. The van der Waals surface area contributed by atoms with Crippen molar-refractivity contribution in [1.29, 1.82) is 0 Å². The van der Waals surface area contributed by atoms with E-state index in [1.54, 1.807) is 0 Å². The van der Waals surface area contributed by atoms with E-state index in [-0.39, 0.29) is 17.4 Å². The maximum absolute atomic E-state index is 12.6. The lowest BCUT2D eigenvalue weighted by Gasteiger charge is -2.38. The molecule has 0 saturated carbocycles. The first-order chi connectivity index (χ1) is 14.1. The van der Waals surface area contributed by atoms with Gasteiger partial charge in [-0.3, -0.25) is 4.79 Å². The van der Waals surface area contributed by atoms with Gasteiger partial charge in [0, 0.05) is 42.2 Å². The number of rotatable bonds is 8. The molecule has 3 amide bonds. The lowest BCUT2D eigenvalue weighted by atomic mass is 9.74. The Kier molecular flexibility index (Phi) is 7.55. The molecule has 1 aliphatic heterocycles. The summed E-state index contributed by atoms with van der Waals surface area (Å²) in [5.74, 6) is 0.246. The first-order valence-electron chi connectivity index (χ1n) is 9.77. The number of hydrogen-bond acceptors (Lipinski definition) is 4. The third-order valence-electron chi connectivity index (χ3n) is 5.16. The van der Waals surface area contributed by atoms with Crippen LogP contribution >= 0.6 is 11.8 Å². The first kappa shape index (κ1) is 21.2. The maximum Gasteiger partial charge on any atom is 0.319 e. The molecule has 3 rings (SSSR count). The van der Waals surface area contributed by atoms with Gasteiger partial charge in [0.1, 0.15) is 0 Å². The minimum atomic E-state index is -0.330. The number of ether oxygens (including phenoxy) is 1. The summed E-state index contributed by atoms with van der Waals surface area (Å²) in [6, 6.07) is 17.6. The summed E-state index contributed by atoms with van der Waals surface area (Å²) in [6.45, 7) is 1.93. The van der Waals surface area contributed by atoms with E-state index in [9.17, 15) is 9.59 Å². The average Bonchev–Trinajstić information content (AvgIpc) is 2.75. The van der Waals surface area contributed by atoms with E-state index in [0.717, 1.165) is 23.4 Å². The van der Waals surface area contributed by atoms with Crippen LogP contribution in [0.4, 0.5) is 10.5 Å². The Morgan fingerprint density at radius 3 is 2.45 bits per heavy atom. The van der Waals surface area contributed by atoms with Gasteiger partial charge in [0.15, 0.2) is 0 Å². The zero-order valence-corrected chi connectivity index (χ0v) is 17.2. The van der Waals surface area contributed by atoms with Crippen LogP contribution in [0.1, 0.15) is 24.8 Å². The molecule has 0 radical (unpaired) electrons. The smallest absolute Gasteiger partial charge is 0.319 e. The maximum atomic E-state index is 12.6. The number of nitrogens with one attached hydrogen (secondary N) is 2. The van der Waals surface area contributed by atoms with Crippen LogP contribution in [0.15, 0.2) is 59.5 Å². The third-order valence-corrected chi connectivity index (χ3v) is 6.24. The van der Waals surface area contributed by atoms with Gasteiger partial charge in [-0.2, -0.15) is 0 Å². The minimum absolute atomic E-state index is 0.118. The lowest BCUT2D eigenvalue weighted by molar-refractivity contribution is -0.117. The summed E-state index contributed by atoms with van der Waals surface area (Å²) in [6.07, 6.45) is 2.04. The zero-order valence-electron chi connectivity index (χ0n) is 16.4. The van der Waals surface area contributed by atoms with E-state index >= 15 is 0 Å². The number of para-hydroxylation sites is 1. The standard InChI is InChI=1S/C22H27N3O3S/c23-20(26)10-15-29-19-9-5-4-8-18(19)25-21(27)24-16-22(11-13-28-14-12-22)17-6-2-1-3-7-17/h1-9H,10-16H2,(H2,23,26)(H2,24,25,27). The fraction of sp³-hybridized carbons (Fsp3) is 0.364. The molecule has 4 N–H and O–H groups in total. The molecule has 2 aromatic rings. The van der Waals surface area contributed by atoms with Gasteiger partial charge in [-0.25, -0.2) is 4.79 Å². The number of hydrogen-bond donors (Lipinski definition) is 3. The number of benzene rings is 2. The monoisotopic (exact) mass is 413 g/mol. The van der Waals surface area contributed by atoms with Crippen molar-refractivity contribution in [1.82, 2.24) is 5.32 Å². The van der Waals surface area contributed by atoms with E-state index < -0.39 is 0 Å². The van der Waals surface area contributed by atoms with Crippen LogP contribution in [-0.4, -0.2) is 37.4 Å². The molecule has 0 aliphatic carbocycles. The molecule has 6 nitrogen and oxygen atoms in total. The summed E-state index contributed by atoms with van der Waals surface area (Å²) >= 11 is 1.50. The van der Waals surface area contributed by atoms with Crippen LogP contribution in [-0.2, 0) is 14.9 Å². The predicted molar refractivity (Wildman–Crippen MR) is 116 cm³/mol. The summed E-state index contributed by atoms with van der Waals surface area (Å²) in [5.41, 5.74) is 7.04. The molecule has 0 spiro atoms. The molecule has 0 unspecified atom stereocenters. The van der Waals surface area contributed by atoms with E-state index in [0.29, 0.717) is 31.9 Å². The molecule has 0 bridgehead atoms. The Labute approximate surface area is 175 Å². The van der Waals surface area contributed by atoms with Crippen molar-refractivity contribution in [2.24, 2.45) is 5.73 Å². The van der Waals surface area contributed by atoms with Crippen molar-refractivity contribution in [3.8, 4) is 0 Å². The topological polar surface area (TPSA) is 93.5 Å². The highest BCUT2D eigenvalue weighted by atomic mass is 32.2. The van der Waals surface area contributed by atoms with Crippen LogP contribution in [0.2, 0.25) is 0 Å². The quantitative estimate of drug-likeness (QED) is 0.577. The van der Waals surface area contributed by atoms with E-state index in [2.05, 4.69) is 22.8 Å².